The molecule has 0 aromatic heterocycles. The van der Waals surface area contributed by atoms with Crippen molar-refractivity contribution in [3.05, 3.63) is 0 Å². The second-order valence-electron chi connectivity index (χ2n) is 4.15. The zero-order chi connectivity index (χ0) is 10.4. The number of methoxy groups -OCH3 is 1. The van der Waals surface area contributed by atoms with Crippen LogP contribution in [0.2, 0.25) is 0 Å². The average molecular weight is 201 g/mol. The van der Waals surface area contributed by atoms with Crippen LogP contribution in [0.5, 0.6) is 0 Å². The van der Waals surface area contributed by atoms with Crippen molar-refractivity contribution in [1.82, 2.24) is 15.1 Å². The Hall–Kier alpha value is -0.160. The molecule has 0 spiro atoms. The Bertz CT molecular complexity index is 152. The van der Waals surface area contributed by atoms with Gasteiger partial charge in [-0.3, -0.25) is 4.90 Å². The fourth-order valence-electron chi connectivity index (χ4n) is 1.91. The van der Waals surface area contributed by atoms with Gasteiger partial charge in [0.25, 0.3) is 0 Å². The molecule has 1 heterocycles. The first-order valence-electron chi connectivity index (χ1n) is 5.32. The highest BCUT2D eigenvalue weighted by atomic mass is 16.5. The highest BCUT2D eigenvalue weighted by Gasteiger charge is 2.21. The summed E-state index contributed by atoms with van der Waals surface area (Å²) in [5, 5.41) is 3.44. The summed E-state index contributed by atoms with van der Waals surface area (Å²) in [6, 6.07) is 0.633. The van der Waals surface area contributed by atoms with E-state index in [-0.39, 0.29) is 0 Å². The van der Waals surface area contributed by atoms with E-state index < -0.39 is 0 Å². The first kappa shape index (κ1) is 11.9. The molecule has 14 heavy (non-hydrogen) atoms. The van der Waals surface area contributed by atoms with Crippen molar-refractivity contribution in [2.75, 3.05) is 60.5 Å². The van der Waals surface area contributed by atoms with Crippen LogP contribution in [0.25, 0.3) is 0 Å². The second-order valence-corrected chi connectivity index (χ2v) is 4.15. The third-order valence-corrected chi connectivity index (χ3v) is 2.63. The molecule has 4 heteroatoms. The van der Waals surface area contributed by atoms with Crippen LogP contribution in [0.3, 0.4) is 0 Å². The van der Waals surface area contributed by atoms with Gasteiger partial charge in [-0.1, -0.05) is 0 Å². The number of piperazine rings is 1. The van der Waals surface area contributed by atoms with Crippen molar-refractivity contribution in [2.24, 2.45) is 0 Å². The lowest BCUT2D eigenvalue weighted by Crippen LogP contribution is -2.55. The van der Waals surface area contributed by atoms with Crippen LogP contribution < -0.4 is 5.32 Å². The molecular formula is C10H23N3O. The third-order valence-electron chi connectivity index (χ3n) is 2.63. The molecular weight excluding hydrogens is 178 g/mol. The van der Waals surface area contributed by atoms with E-state index in [0.717, 1.165) is 39.3 Å². The molecule has 84 valence electrons. The molecule has 1 unspecified atom stereocenters. The number of hydrogen-bond acceptors (Lipinski definition) is 4. The maximum atomic E-state index is 5.12. The normalized spacial score (nSPS) is 24.4. The standard InChI is InChI=1S/C10H23N3O/c1-12(2)9-10-8-11-4-5-13(10)6-7-14-3/h10-11H,4-9H2,1-3H3. The second kappa shape index (κ2) is 6.35. The van der Waals surface area contributed by atoms with Gasteiger partial charge in [0.05, 0.1) is 6.61 Å². The van der Waals surface area contributed by atoms with Crippen molar-refractivity contribution in [3.8, 4) is 0 Å². The van der Waals surface area contributed by atoms with Crippen molar-refractivity contribution in [3.63, 3.8) is 0 Å². The summed E-state index contributed by atoms with van der Waals surface area (Å²) < 4.78 is 5.12. The summed E-state index contributed by atoms with van der Waals surface area (Å²) in [6.45, 7) is 6.36. The van der Waals surface area contributed by atoms with Gasteiger partial charge in [-0.15, -0.1) is 0 Å². The molecule has 0 aliphatic carbocycles. The van der Waals surface area contributed by atoms with Gasteiger partial charge >= 0.3 is 0 Å². The monoisotopic (exact) mass is 201 g/mol. The molecule has 1 atom stereocenters. The van der Waals surface area contributed by atoms with Gasteiger partial charge in [-0.2, -0.15) is 0 Å². The van der Waals surface area contributed by atoms with Crippen LogP contribution >= 0.6 is 0 Å². The maximum absolute atomic E-state index is 5.12. The average Bonchev–Trinajstić information content (AvgIpc) is 2.16. The molecule has 0 aromatic rings. The molecule has 1 N–H and O–H groups in total. The molecule has 0 bridgehead atoms. The highest BCUT2D eigenvalue weighted by Crippen LogP contribution is 2.03. The Balaban J connectivity index is 2.33. The Kier molecular flexibility index (Phi) is 5.40. The minimum Gasteiger partial charge on any atom is -0.383 e. The quantitative estimate of drug-likeness (QED) is 0.647. The topological polar surface area (TPSA) is 27.7 Å². The molecule has 1 aliphatic rings. The molecule has 4 nitrogen and oxygen atoms in total. The smallest absolute Gasteiger partial charge is 0.0589 e. The lowest BCUT2D eigenvalue weighted by atomic mass is 10.2. The van der Waals surface area contributed by atoms with E-state index >= 15 is 0 Å². The van der Waals surface area contributed by atoms with E-state index in [1.807, 2.05) is 0 Å². The van der Waals surface area contributed by atoms with Crippen LogP contribution in [0.15, 0.2) is 0 Å². The minimum absolute atomic E-state index is 0.633. The number of ether oxygens (including phenoxy) is 1. The predicted molar refractivity (Wildman–Crippen MR) is 58.7 cm³/mol. The number of nitrogens with one attached hydrogen (secondary N) is 1. The molecule has 0 amide bonds. The first-order valence-corrected chi connectivity index (χ1v) is 5.32. The Labute approximate surface area is 87.2 Å². The van der Waals surface area contributed by atoms with Gasteiger partial charge < -0.3 is 15.0 Å². The van der Waals surface area contributed by atoms with Gasteiger partial charge in [-0.05, 0) is 14.1 Å². The molecule has 0 aromatic carbocycles. The summed E-state index contributed by atoms with van der Waals surface area (Å²) in [7, 11) is 6.02. The lowest BCUT2D eigenvalue weighted by Gasteiger charge is -2.37. The lowest BCUT2D eigenvalue weighted by molar-refractivity contribution is 0.0904. The van der Waals surface area contributed by atoms with Crippen molar-refractivity contribution < 1.29 is 4.74 Å². The van der Waals surface area contributed by atoms with Gasteiger partial charge in [0, 0.05) is 45.9 Å². The number of hydrogen-bond donors (Lipinski definition) is 1. The molecule has 0 saturated carbocycles. The van der Waals surface area contributed by atoms with Crippen molar-refractivity contribution in [1.29, 1.82) is 0 Å². The van der Waals surface area contributed by atoms with E-state index in [1.54, 1.807) is 7.11 Å². The summed E-state index contributed by atoms with van der Waals surface area (Å²) in [5.74, 6) is 0. The molecule has 0 radical (unpaired) electrons. The Morgan fingerprint density at radius 3 is 2.93 bits per heavy atom. The van der Waals surface area contributed by atoms with Crippen molar-refractivity contribution in [2.45, 2.75) is 6.04 Å². The van der Waals surface area contributed by atoms with Crippen LogP contribution in [0.1, 0.15) is 0 Å². The summed E-state index contributed by atoms with van der Waals surface area (Å²) in [6.07, 6.45) is 0. The number of nitrogens with zero attached hydrogens (tertiary/aromatic N) is 2. The van der Waals surface area contributed by atoms with Gasteiger partial charge in [-0.25, -0.2) is 0 Å². The highest BCUT2D eigenvalue weighted by molar-refractivity contribution is 4.81. The fraction of sp³-hybridized carbons (Fsp3) is 1.00. The summed E-state index contributed by atoms with van der Waals surface area (Å²) in [4.78, 5) is 4.76. The number of likely N-dealkylation sites (N-methyl/N-ethyl adjacent to an activating group) is 1. The zero-order valence-corrected chi connectivity index (χ0v) is 9.62. The Morgan fingerprint density at radius 2 is 2.29 bits per heavy atom. The largest absolute Gasteiger partial charge is 0.383 e. The van der Waals surface area contributed by atoms with Crippen LogP contribution in [0.4, 0.5) is 0 Å². The van der Waals surface area contributed by atoms with Crippen LogP contribution in [-0.4, -0.2) is 76.4 Å². The SMILES string of the molecule is COCCN1CCNCC1CN(C)C. The number of rotatable bonds is 5. The van der Waals surface area contributed by atoms with E-state index in [2.05, 4.69) is 29.2 Å². The zero-order valence-electron chi connectivity index (χ0n) is 9.62. The maximum Gasteiger partial charge on any atom is 0.0589 e. The molecule has 1 saturated heterocycles. The summed E-state index contributed by atoms with van der Waals surface area (Å²) >= 11 is 0. The molecule has 1 rings (SSSR count). The predicted octanol–water partition coefficient (Wildman–Crippen LogP) is -0.532. The molecule has 1 aliphatic heterocycles. The Morgan fingerprint density at radius 1 is 1.50 bits per heavy atom. The molecule has 1 fully saturated rings. The van der Waals surface area contributed by atoms with Gasteiger partial charge in [0.2, 0.25) is 0 Å². The van der Waals surface area contributed by atoms with Crippen LogP contribution in [0, 0.1) is 0 Å². The summed E-state index contributed by atoms with van der Waals surface area (Å²) in [5.41, 5.74) is 0. The fourth-order valence-corrected chi connectivity index (χ4v) is 1.91. The third kappa shape index (κ3) is 3.92. The van der Waals surface area contributed by atoms with E-state index in [1.165, 1.54) is 0 Å². The van der Waals surface area contributed by atoms with Crippen LogP contribution in [-0.2, 0) is 4.74 Å². The minimum atomic E-state index is 0.633. The van der Waals surface area contributed by atoms with Crippen molar-refractivity contribution >= 4 is 0 Å². The first-order chi connectivity index (χ1) is 6.74. The van der Waals surface area contributed by atoms with E-state index in [0.29, 0.717) is 6.04 Å². The van der Waals surface area contributed by atoms with Gasteiger partial charge in [0.1, 0.15) is 0 Å². The van der Waals surface area contributed by atoms with E-state index in [9.17, 15) is 0 Å². The van der Waals surface area contributed by atoms with Gasteiger partial charge in [0.15, 0.2) is 0 Å². The van der Waals surface area contributed by atoms with E-state index in [4.69, 9.17) is 4.74 Å².